The van der Waals surface area contributed by atoms with Crippen molar-refractivity contribution in [1.29, 1.82) is 0 Å². The molecule has 4 heterocycles. The first-order valence-electron chi connectivity index (χ1n) is 10.8. The molecule has 2 aromatic heterocycles. The van der Waals surface area contributed by atoms with Crippen molar-refractivity contribution in [1.82, 2.24) is 19.8 Å². The van der Waals surface area contributed by atoms with E-state index in [1.165, 1.54) is 11.1 Å². The molecule has 3 aromatic rings. The van der Waals surface area contributed by atoms with Gasteiger partial charge in [0.1, 0.15) is 16.5 Å². The van der Waals surface area contributed by atoms with Crippen LogP contribution in [-0.2, 0) is 9.53 Å². The molecular weight excluding hydrogens is 410 g/mol. The molecule has 7 nitrogen and oxygen atoms in total. The number of benzene rings is 1. The van der Waals surface area contributed by atoms with Crippen LogP contribution in [0.25, 0.3) is 21.3 Å². The zero-order valence-electron chi connectivity index (χ0n) is 17.8. The fourth-order valence-electron chi connectivity index (χ4n) is 4.31. The highest BCUT2D eigenvalue weighted by Gasteiger charge is 2.26. The molecule has 0 radical (unpaired) electrons. The van der Waals surface area contributed by atoms with Crippen LogP contribution < -0.4 is 4.90 Å². The number of ether oxygens (including phenoxy) is 1. The van der Waals surface area contributed by atoms with Crippen molar-refractivity contribution in [2.45, 2.75) is 6.92 Å². The zero-order chi connectivity index (χ0) is 21.2. The van der Waals surface area contributed by atoms with Crippen LogP contribution in [0.3, 0.4) is 0 Å². The third kappa shape index (κ3) is 4.28. The number of hydrogen-bond acceptors (Lipinski definition) is 7. The largest absolute Gasteiger partial charge is 0.378 e. The molecule has 2 fully saturated rings. The molecule has 1 aromatic carbocycles. The molecule has 2 saturated heterocycles. The van der Waals surface area contributed by atoms with E-state index in [4.69, 9.17) is 14.7 Å². The highest BCUT2D eigenvalue weighted by Crippen LogP contribution is 2.38. The van der Waals surface area contributed by atoms with Gasteiger partial charge in [-0.3, -0.25) is 9.69 Å². The van der Waals surface area contributed by atoms with Crippen LogP contribution in [0.4, 0.5) is 5.82 Å². The first kappa shape index (κ1) is 20.4. The summed E-state index contributed by atoms with van der Waals surface area (Å²) in [5.41, 5.74) is 2.39. The van der Waals surface area contributed by atoms with Crippen LogP contribution in [-0.4, -0.2) is 84.7 Å². The lowest BCUT2D eigenvalue weighted by molar-refractivity contribution is -0.136. The number of morpholine rings is 1. The van der Waals surface area contributed by atoms with E-state index in [9.17, 15) is 4.79 Å². The van der Waals surface area contributed by atoms with Gasteiger partial charge in [-0.05, 0) is 12.5 Å². The summed E-state index contributed by atoms with van der Waals surface area (Å²) >= 11 is 1.68. The van der Waals surface area contributed by atoms with Gasteiger partial charge in [0.2, 0.25) is 5.91 Å². The van der Waals surface area contributed by atoms with Crippen LogP contribution in [0.1, 0.15) is 5.82 Å². The van der Waals surface area contributed by atoms with Gasteiger partial charge in [0.15, 0.2) is 0 Å². The average Bonchev–Trinajstić information content (AvgIpc) is 3.24. The van der Waals surface area contributed by atoms with E-state index >= 15 is 0 Å². The topological polar surface area (TPSA) is 61.8 Å². The van der Waals surface area contributed by atoms with Gasteiger partial charge in [-0.1, -0.05) is 30.3 Å². The molecule has 2 aliphatic heterocycles. The predicted molar refractivity (Wildman–Crippen MR) is 124 cm³/mol. The van der Waals surface area contributed by atoms with Crippen LogP contribution in [0, 0.1) is 6.92 Å². The van der Waals surface area contributed by atoms with Crippen molar-refractivity contribution in [3.8, 4) is 11.1 Å². The van der Waals surface area contributed by atoms with E-state index in [0.29, 0.717) is 32.8 Å². The van der Waals surface area contributed by atoms with E-state index < -0.39 is 0 Å². The Balaban J connectivity index is 1.34. The molecule has 0 bridgehead atoms. The first-order valence-corrected chi connectivity index (χ1v) is 11.7. The fraction of sp³-hybridized carbons (Fsp3) is 0.435. The van der Waals surface area contributed by atoms with Gasteiger partial charge in [-0.2, -0.15) is 0 Å². The van der Waals surface area contributed by atoms with E-state index in [-0.39, 0.29) is 5.91 Å². The second kappa shape index (κ2) is 8.90. The number of thiophene rings is 1. The molecule has 1 amide bonds. The Morgan fingerprint density at radius 1 is 1.03 bits per heavy atom. The molecular formula is C23H27N5O2S. The summed E-state index contributed by atoms with van der Waals surface area (Å²) in [5, 5.41) is 3.33. The molecule has 5 rings (SSSR count). The minimum atomic E-state index is 0.209. The Kier molecular flexibility index (Phi) is 5.85. The van der Waals surface area contributed by atoms with Gasteiger partial charge < -0.3 is 14.5 Å². The lowest BCUT2D eigenvalue weighted by Gasteiger charge is -2.36. The molecule has 0 spiro atoms. The Bertz CT molecular complexity index is 1060. The summed E-state index contributed by atoms with van der Waals surface area (Å²) in [7, 11) is 0. The van der Waals surface area contributed by atoms with Gasteiger partial charge in [0.25, 0.3) is 0 Å². The molecule has 2 aliphatic rings. The highest BCUT2D eigenvalue weighted by molar-refractivity contribution is 7.17. The fourth-order valence-corrected chi connectivity index (χ4v) is 5.30. The van der Waals surface area contributed by atoms with Gasteiger partial charge in [0, 0.05) is 50.2 Å². The zero-order valence-corrected chi connectivity index (χ0v) is 18.6. The Morgan fingerprint density at radius 2 is 1.77 bits per heavy atom. The number of hydrogen-bond donors (Lipinski definition) is 0. The molecule has 0 atom stereocenters. The standard InChI is InChI=1S/C23H27N5O2S/c1-17-24-22(21-19(16-31-23(21)25-17)18-5-3-2-4-6-18)28-9-7-26(8-10-28)15-20(29)27-11-13-30-14-12-27/h2-6,16H,7-15H2,1H3. The maximum atomic E-state index is 12.6. The summed E-state index contributed by atoms with van der Waals surface area (Å²) < 4.78 is 5.36. The number of aromatic nitrogens is 2. The van der Waals surface area contributed by atoms with E-state index in [2.05, 4.69) is 39.4 Å². The van der Waals surface area contributed by atoms with Gasteiger partial charge in [-0.15, -0.1) is 11.3 Å². The summed E-state index contributed by atoms with van der Waals surface area (Å²) in [6.45, 7) is 8.56. The van der Waals surface area contributed by atoms with Crippen molar-refractivity contribution in [3.05, 3.63) is 41.5 Å². The van der Waals surface area contributed by atoms with Gasteiger partial charge >= 0.3 is 0 Å². The summed E-state index contributed by atoms with van der Waals surface area (Å²) in [6.07, 6.45) is 0. The van der Waals surface area contributed by atoms with Crippen LogP contribution in [0.2, 0.25) is 0 Å². The number of piperazine rings is 1. The SMILES string of the molecule is Cc1nc(N2CCN(CC(=O)N3CCOCC3)CC2)c2c(-c3ccccc3)csc2n1. The van der Waals surface area contributed by atoms with Crippen molar-refractivity contribution in [2.24, 2.45) is 0 Å². The lowest BCUT2D eigenvalue weighted by atomic mass is 10.1. The number of anilines is 1. The molecule has 0 saturated carbocycles. The molecule has 0 N–H and O–H groups in total. The first-order chi connectivity index (χ1) is 15.2. The molecule has 31 heavy (non-hydrogen) atoms. The number of rotatable bonds is 4. The highest BCUT2D eigenvalue weighted by atomic mass is 32.1. The van der Waals surface area contributed by atoms with Crippen LogP contribution in [0.15, 0.2) is 35.7 Å². The van der Waals surface area contributed by atoms with Crippen molar-refractivity contribution in [3.63, 3.8) is 0 Å². The number of fused-ring (bicyclic) bond motifs is 1. The third-order valence-corrected chi connectivity index (χ3v) is 6.88. The molecule has 0 aliphatic carbocycles. The van der Waals surface area contributed by atoms with E-state index in [1.807, 2.05) is 17.9 Å². The van der Waals surface area contributed by atoms with Crippen molar-refractivity contribution < 1.29 is 9.53 Å². The molecule has 8 heteroatoms. The lowest BCUT2D eigenvalue weighted by Crippen LogP contribution is -2.51. The van der Waals surface area contributed by atoms with Crippen LogP contribution >= 0.6 is 11.3 Å². The second-order valence-corrected chi connectivity index (χ2v) is 8.90. The minimum Gasteiger partial charge on any atom is -0.378 e. The van der Waals surface area contributed by atoms with Crippen molar-refractivity contribution in [2.75, 3.05) is 63.9 Å². The Hall–Kier alpha value is -2.55. The quantitative estimate of drug-likeness (QED) is 0.625. The van der Waals surface area contributed by atoms with E-state index in [0.717, 1.165) is 48.0 Å². The summed E-state index contributed by atoms with van der Waals surface area (Å²) in [5.74, 6) is 2.02. The van der Waals surface area contributed by atoms with E-state index in [1.54, 1.807) is 11.3 Å². The number of amides is 1. The smallest absolute Gasteiger partial charge is 0.236 e. The van der Waals surface area contributed by atoms with Crippen molar-refractivity contribution >= 4 is 33.3 Å². The summed E-state index contributed by atoms with van der Waals surface area (Å²) in [4.78, 5) is 29.7. The van der Waals surface area contributed by atoms with Gasteiger partial charge in [-0.25, -0.2) is 9.97 Å². The summed E-state index contributed by atoms with van der Waals surface area (Å²) in [6, 6.07) is 10.5. The number of carbonyl (C=O) groups excluding carboxylic acids is 1. The normalized spacial score (nSPS) is 18.0. The number of nitrogens with zero attached hydrogens (tertiary/aromatic N) is 5. The monoisotopic (exact) mass is 437 g/mol. The molecule has 162 valence electrons. The maximum Gasteiger partial charge on any atom is 0.236 e. The van der Waals surface area contributed by atoms with Crippen LogP contribution in [0.5, 0.6) is 0 Å². The maximum absolute atomic E-state index is 12.6. The molecule has 0 unspecified atom stereocenters. The second-order valence-electron chi connectivity index (χ2n) is 8.05. The average molecular weight is 438 g/mol. The predicted octanol–water partition coefficient (Wildman–Crippen LogP) is 2.65. The third-order valence-electron chi connectivity index (χ3n) is 6.01. The number of carbonyl (C=O) groups is 1. The minimum absolute atomic E-state index is 0.209. The Morgan fingerprint density at radius 3 is 2.52 bits per heavy atom. The Labute approximate surface area is 186 Å². The number of aryl methyl sites for hydroxylation is 1. The van der Waals surface area contributed by atoms with Gasteiger partial charge in [0.05, 0.1) is 25.1 Å².